The van der Waals surface area contributed by atoms with E-state index in [-0.39, 0.29) is 5.92 Å². The first-order valence-electron chi connectivity index (χ1n) is 16.1. The van der Waals surface area contributed by atoms with E-state index in [0.29, 0.717) is 48.1 Å². The Morgan fingerprint density at radius 3 is 1.78 bits per heavy atom. The van der Waals surface area contributed by atoms with Gasteiger partial charge in [0.05, 0.1) is 19.1 Å². The first-order valence-corrected chi connectivity index (χ1v) is 16.1. The lowest BCUT2D eigenvalue weighted by molar-refractivity contribution is 0.288. The van der Waals surface area contributed by atoms with Gasteiger partial charge in [0.2, 0.25) is 17.5 Å². The summed E-state index contributed by atoms with van der Waals surface area (Å²) in [4.78, 5) is 16.8. The van der Waals surface area contributed by atoms with Crippen LogP contribution in [0.15, 0.2) is 143 Å². The SMILES string of the molecule is CCC(c1ccccc1)c1nc(-c2ccncc2)no1.CCOc1ccc(-c2nc(-c3ccccc3)no2)cc1OCC.c1ccncc1. The van der Waals surface area contributed by atoms with Gasteiger partial charge in [-0.15, -0.1) is 0 Å². The first-order chi connectivity index (χ1) is 24.2. The Hall–Kier alpha value is -6.16. The number of rotatable bonds is 10. The number of benzene rings is 3. The van der Waals surface area contributed by atoms with Crippen molar-refractivity contribution in [1.82, 2.24) is 30.2 Å². The summed E-state index contributed by atoms with van der Waals surface area (Å²) in [5.41, 5.74) is 3.82. The smallest absolute Gasteiger partial charge is 0.258 e. The van der Waals surface area contributed by atoms with Crippen molar-refractivity contribution in [3.8, 4) is 45.7 Å². The average molecular weight is 655 g/mol. The van der Waals surface area contributed by atoms with Crippen LogP contribution in [0.2, 0.25) is 0 Å². The summed E-state index contributed by atoms with van der Waals surface area (Å²) >= 11 is 0. The van der Waals surface area contributed by atoms with Crippen molar-refractivity contribution in [3.05, 3.63) is 145 Å². The van der Waals surface area contributed by atoms with Crippen molar-refractivity contribution in [3.63, 3.8) is 0 Å². The Balaban J connectivity index is 0.000000164. The molecule has 0 aliphatic heterocycles. The summed E-state index contributed by atoms with van der Waals surface area (Å²) < 4.78 is 22.0. The van der Waals surface area contributed by atoms with Gasteiger partial charge in [0.1, 0.15) is 0 Å². The maximum atomic E-state index is 5.63. The number of hydrogen-bond donors (Lipinski definition) is 0. The van der Waals surface area contributed by atoms with E-state index in [4.69, 9.17) is 18.5 Å². The zero-order valence-electron chi connectivity index (χ0n) is 27.7. The second-order valence-electron chi connectivity index (χ2n) is 10.4. The number of ether oxygens (including phenoxy) is 2. The molecule has 4 aromatic heterocycles. The van der Waals surface area contributed by atoms with Crippen LogP contribution >= 0.6 is 0 Å². The number of nitrogens with zero attached hydrogens (tertiary/aromatic N) is 6. The minimum atomic E-state index is 0.138. The molecule has 0 aliphatic rings. The van der Waals surface area contributed by atoms with E-state index in [1.54, 1.807) is 24.8 Å². The molecule has 248 valence electrons. The molecule has 49 heavy (non-hydrogen) atoms. The summed E-state index contributed by atoms with van der Waals surface area (Å²) in [6, 6.07) is 35.0. The summed E-state index contributed by atoms with van der Waals surface area (Å²) in [6.45, 7) is 7.13. The van der Waals surface area contributed by atoms with E-state index >= 15 is 0 Å². The quantitative estimate of drug-likeness (QED) is 0.141. The molecule has 0 saturated heterocycles. The largest absolute Gasteiger partial charge is 0.490 e. The molecule has 7 rings (SSSR count). The molecule has 10 nitrogen and oxygen atoms in total. The minimum absolute atomic E-state index is 0.138. The molecule has 0 radical (unpaired) electrons. The molecule has 0 saturated carbocycles. The Labute approximate surface area is 285 Å². The maximum Gasteiger partial charge on any atom is 0.258 e. The highest BCUT2D eigenvalue weighted by atomic mass is 16.5. The Morgan fingerprint density at radius 2 is 1.14 bits per heavy atom. The minimum Gasteiger partial charge on any atom is -0.490 e. The van der Waals surface area contributed by atoms with Crippen LogP contribution < -0.4 is 9.47 Å². The van der Waals surface area contributed by atoms with Crippen LogP contribution in [-0.4, -0.2) is 43.5 Å². The van der Waals surface area contributed by atoms with E-state index in [1.807, 2.05) is 111 Å². The number of pyridine rings is 2. The standard InChI is InChI=1S/C18H18N2O3.C16H15N3O.C5H5N/c1-3-21-15-11-10-14(12-16(15)22-4-2)18-19-17(20-23-18)13-8-6-5-7-9-13;1-2-14(12-6-4-3-5-7-12)16-18-15(19-20-16)13-8-10-17-11-9-13;1-2-4-6-5-3-1/h5-12H,3-4H2,1-2H3;3-11,14H,2H2,1H3;1-5H. The van der Waals surface area contributed by atoms with Crippen molar-refractivity contribution < 1.29 is 18.5 Å². The zero-order valence-corrected chi connectivity index (χ0v) is 27.7. The molecule has 1 atom stereocenters. The maximum absolute atomic E-state index is 5.63. The van der Waals surface area contributed by atoms with Gasteiger partial charge in [0.25, 0.3) is 5.89 Å². The second-order valence-corrected chi connectivity index (χ2v) is 10.4. The molecule has 0 N–H and O–H groups in total. The lowest BCUT2D eigenvalue weighted by Crippen LogP contribution is -1.99. The third kappa shape index (κ3) is 9.68. The summed E-state index contributed by atoms with van der Waals surface area (Å²) in [7, 11) is 0. The van der Waals surface area contributed by atoms with Crippen molar-refractivity contribution in [1.29, 1.82) is 0 Å². The normalized spacial score (nSPS) is 10.9. The van der Waals surface area contributed by atoms with Crippen LogP contribution in [0.25, 0.3) is 34.2 Å². The van der Waals surface area contributed by atoms with E-state index in [0.717, 1.165) is 23.1 Å². The van der Waals surface area contributed by atoms with Crippen LogP contribution in [0.5, 0.6) is 11.5 Å². The third-order valence-corrected chi connectivity index (χ3v) is 7.10. The molecule has 0 aliphatic carbocycles. The van der Waals surface area contributed by atoms with Gasteiger partial charge >= 0.3 is 0 Å². The van der Waals surface area contributed by atoms with Gasteiger partial charge in [-0.3, -0.25) is 9.97 Å². The Kier molecular flexibility index (Phi) is 12.7. The highest BCUT2D eigenvalue weighted by molar-refractivity contribution is 5.63. The van der Waals surface area contributed by atoms with Crippen molar-refractivity contribution >= 4 is 0 Å². The van der Waals surface area contributed by atoms with Crippen LogP contribution in [-0.2, 0) is 0 Å². The van der Waals surface area contributed by atoms with Gasteiger partial charge < -0.3 is 18.5 Å². The fourth-order valence-corrected chi connectivity index (χ4v) is 4.78. The van der Waals surface area contributed by atoms with Crippen molar-refractivity contribution in [2.45, 2.75) is 33.1 Å². The highest BCUT2D eigenvalue weighted by Gasteiger charge is 2.19. The summed E-state index contributed by atoms with van der Waals surface area (Å²) in [6.07, 6.45) is 7.86. The lowest BCUT2D eigenvalue weighted by Gasteiger charge is -2.11. The predicted molar refractivity (Wildman–Crippen MR) is 188 cm³/mol. The first kappa shape index (κ1) is 34.2. The summed E-state index contributed by atoms with van der Waals surface area (Å²) in [5, 5.41) is 8.11. The van der Waals surface area contributed by atoms with E-state index < -0.39 is 0 Å². The Morgan fingerprint density at radius 1 is 0.551 bits per heavy atom. The molecule has 4 heterocycles. The van der Waals surface area contributed by atoms with Crippen LogP contribution in [0.1, 0.15) is 44.6 Å². The third-order valence-electron chi connectivity index (χ3n) is 7.10. The molecule has 10 heteroatoms. The number of hydrogen-bond acceptors (Lipinski definition) is 10. The fourth-order valence-electron chi connectivity index (χ4n) is 4.78. The van der Waals surface area contributed by atoms with Gasteiger partial charge in [0, 0.05) is 41.5 Å². The number of aromatic nitrogens is 6. The molecule has 1 unspecified atom stereocenters. The van der Waals surface area contributed by atoms with Crippen molar-refractivity contribution in [2.24, 2.45) is 0 Å². The fraction of sp³-hybridized carbons (Fsp3) is 0.179. The van der Waals surface area contributed by atoms with Gasteiger partial charge in [-0.05, 0) is 68.3 Å². The Bertz CT molecular complexity index is 1910. The summed E-state index contributed by atoms with van der Waals surface area (Å²) in [5.74, 6) is 3.80. The molecular weight excluding hydrogens is 616 g/mol. The molecule has 7 aromatic rings. The topological polar surface area (TPSA) is 122 Å². The molecule has 0 bridgehead atoms. The predicted octanol–water partition coefficient (Wildman–Crippen LogP) is 8.96. The van der Waals surface area contributed by atoms with Gasteiger partial charge in [0.15, 0.2) is 11.5 Å². The van der Waals surface area contributed by atoms with Crippen LogP contribution in [0.4, 0.5) is 0 Å². The zero-order chi connectivity index (χ0) is 34.1. The molecule has 0 amide bonds. The van der Waals surface area contributed by atoms with E-state index in [1.165, 1.54) is 5.56 Å². The molecule has 3 aromatic carbocycles. The van der Waals surface area contributed by atoms with Gasteiger partial charge in [-0.2, -0.15) is 9.97 Å². The van der Waals surface area contributed by atoms with E-state index in [9.17, 15) is 0 Å². The second kappa shape index (κ2) is 18.2. The molecule has 0 spiro atoms. The van der Waals surface area contributed by atoms with Crippen LogP contribution in [0, 0.1) is 0 Å². The molecular formula is C39H38N6O4. The van der Waals surface area contributed by atoms with E-state index in [2.05, 4.69) is 49.3 Å². The van der Waals surface area contributed by atoms with Gasteiger partial charge in [-0.25, -0.2) is 0 Å². The van der Waals surface area contributed by atoms with Crippen LogP contribution in [0.3, 0.4) is 0 Å². The van der Waals surface area contributed by atoms with Crippen molar-refractivity contribution in [2.75, 3.05) is 13.2 Å². The van der Waals surface area contributed by atoms with Gasteiger partial charge in [-0.1, -0.05) is 84.0 Å². The average Bonchev–Trinajstić information content (AvgIpc) is 3.87. The highest BCUT2D eigenvalue weighted by Crippen LogP contribution is 2.33. The molecule has 0 fully saturated rings. The lowest BCUT2D eigenvalue weighted by atomic mass is 9.96. The monoisotopic (exact) mass is 654 g/mol.